The Morgan fingerprint density at radius 1 is 1.19 bits per heavy atom. The van der Waals surface area contributed by atoms with Crippen LogP contribution in [0.3, 0.4) is 0 Å². The molecule has 1 aliphatic heterocycles. The summed E-state index contributed by atoms with van der Waals surface area (Å²) in [4.78, 5) is 25.8. The van der Waals surface area contributed by atoms with Gasteiger partial charge in [0.15, 0.2) is 5.78 Å². The van der Waals surface area contributed by atoms with E-state index < -0.39 is 0 Å². The first-order valence-electron chi connectivity index (χ1n) is 7.63. The van der Waals surface area contributed by atoms with Gasteiger partial charge in [-0.2, -0.15) is 0 Å². The Labute approximate surface area is 126 Å². The van der Waals surface area contributed by atoms with Crippen molar-refractivity contribution in [2.24, 2.45) is 5.92 Å². The lowest BCUT2D eigenvalue weighted by molar-refractivity contribution is -0.121. The van der Waals surface area contributed by atoms with Crippen LogP contribution in [0.1, 0.15) is 44.0 Å². The number of carbonyl (C=O) groups excluding carboxylic acids is 2. The van der Waals surface area contributed by atoms with Crippen molar-refractivity contribution in [3.63, 3.8) is 0 Å². The molecule has 0 aromatic heterocycles. The summed E-state index contributed by atoms with van der Waals surface area (Å²) in [6.07, 6.45) is 2.32. The number of nitrogens with zero attached hydrogens (tertiary/aromatic N) is 1. The smallest absolute Gasteiger partial charge is 0.241 e. The first kappa shape index (κ1) is 15.7. The number of nitrogens with one attached hydrogen (secondary N) is 1. The summed E-state index contributed by atoms with van der Waals surface area (Å²) in [7, 11) is 0. The van der Waals surface area contributed by atoms with Crippen molar-refractivity contribution in [1.29, 1.82) is 0 Å². The molecule has 1 amide bonds. The van der Waals surface area contributed by atoms with Crippen LogP contribution in [-0.2, 0) is 4.79 Å². The van der Waals surface area contributed by atoms with Crippen LogP contribution >= 0.6 is 0 Å². The summed E-state index contributed by atoms with van der Waals surface area (Å²) < 4.78 is 0. The quantitative estimate of drug-likeness (QED) is 0.867. The van der Waals surface area contributed by atoms with Crippen molar-refractivity contribution < 1.29 is 9.59 Å². The number of Topliss-reactive ketones (excluding diaryl/α,β-unsaturated/α-hetero) is 1. The van der Waals surface area contributed by atoms with Crippen LogP contribution in [0.25, 0.3) is 0 Å². The van der Waals surface area contributed by atoms with Crippen LogP contribution in [0.5, 0.6) is 0 Å². The van der Waals surface area contributed by atoms with Gasteiger partial charge in [0, 0.05) is 11.3 Å². The second-order valence-corrected chi connectivity index (χ2v) is 6.02. The zero-order valence-electron chi connectivity index (χ0n) is 13.1. The van der Waals surface area contributed by atoms with Gasteiger partial charge >= 0.3 is 0 Å². The Bertz CT molecular complexity index is 502. The Balaban J connectivity index is 1.92. The highest BCUT2D eigenvalue weighted by Crippen LogP contribution is 2.19. The predicted octanol–water partition coefficient (Wildman–Crippen LogP) is 2.95. The topological polar surface area (TPSA) is 49.4 Å². The molecule has 0 radical (unpaired) electrons. The van der Waals surface area contributed by atoms with E-state index in [1.165, 1.54) is 6.92 Å². The number of amides is 1. The molecule has 1 aromatic carbocycles. The average Bonchev–Trinajstić information content (AvgIpc) is 2.47. The van der Waals surface area contributed by atoms with E-state index in [1.54, 1.807) is 24.3 Å². The van der Waals surface area contributed by atoms with Crippen molar-refractivity contribution in [1.82, 2.24) is 4.90 Å². The number of hydrogen-bond acceptors (Lipinski definition) is 3. The van der Waals surface area contributed by atoms with Crippen LogP contribution in [0, 0.1) is 5.92 Å². The average molecular weight is 288 g/mol. The van der Waals surface area contributed by atoms with Gasteiger partial charge in [-0.15, -0.1) is 0 Å². The van der Waals surface area contributed by atoms with Crippen LogP contribution in [0.15, 0.2) is 24.3 Å². The van der Waals surface area contributed by atoms with E-state index in [0.717, 1.165) is 37.5 Å². The van der Waals surface area contributed by atoms with E-state index in [1.807, 2.05) is 6.92 Å². The lowest BCUT2D eigenvalue weighted by Crippen LogP contribution is -2.45. The molecule has 0 bridgehead atoms. The number of ketones is 1. The minimum Gasteiger partial charge on any atom is -0.325 e. The third kappa shape index (κ3) is 4.14. The first-order chi connectivity index (χ1) is 9.97. The molecule has 4 nitrogen and oxygen atoms in total. The fraction of sp³-hybridized carbons (Fsp3) is 0.529. The number of carbonyl (C=O) groups is 2. The van der Waals surface area contributed by atoms with Crippen molar-refractivity contribution >= 4 is 17.4 Å². The molecular weight excluding hydrogens is 264 g/mol. The van der Waals surface area contributed by atoms with Gasteiger partial charge in [-0.25, -0.2) is 0 Å². The van der Waals surface area contributed by atoms with E-state index in [2.05, 4.69) is 17.1 Å². The fourth-order valence-electron chi connectivity index (χ4n) is 2.62. The molecule has 0 spiro atoms. The summed E-state index contributed by atoms with van der Waals surface area (Å²) in [6.45, 7) is 7.72. The summed E-state index contributed by atoms with van der Waals surface area (Å²) in [5, 5.41) is 2.92. The monoisotopic (exact) mass is 288 g/mol. The standard InChI is InChI=1S/C17H24N2O2/c1-12-8-10-19(11-9-12)13(2)17(21)18-16-6-4-15(5-7-16)14(3)20/h4-7,12-13H,8-11H2,1-3H3,(H,18,21). The van der Waals surface area contributed by atoms with Gasteiger partial charge in [-0.3, -0.25) is 14.5 Å². The molecule has 1 fully saturated rings. The molecule has 0 saturated carbocycles. The molecule has 1 saturated heterocycles. The number of hydrogen-bond donors (Lipinski definition) is 1. The number of piperidine rings is 1. The maximum atomic E-state index is 12.3. The summed E-state index contributed by atoms with van der Waals surface area (Å²) in [5.41, 5.74) is 1.40. The van der Waals surface area contributed by atoms with Gasteiger partial charge in [0.25, 0.3) is 0 Å². The van der Waals surface area contributed by atoms with Gasteiger partial charge in [0.2, 0.25) is 5.91 Å². The maximum Gasteiger partial charge on any atom is 0.241 e. The normalized spacial score (nSPS) is 18.2. The molecule has 1 aromatic rings. The molecule has 0 aliphatic carbocycles. The van der Waals surface area contributed by atoms with Gasteiger partial charge in [0.05, 0.1) is 6.04 Å². The molecule has 1 aliphatic rings. The molecule has 21 heavy (non-hydrogen) atoms. The van der Waals surface area contributed by atoms with E-state index in [9.17, 15) is 9.59 Å². The maximum absolute atomic E-state index is 12.3. The van der Waals surface area contributed by atoms with Crippen LogP contribution < -0.4 is 5.32 Å². The van der Waals surface area contributed by atoms with E-state index in [-0.39, 0.29) is 17.7 Å². The molecule has 2 rings (SSSR count). The molecular formula is C17H24N2O2. The highest BCUT2D eigenvalue weighted by molar-refractivity contribution is 5.96. The van der Waals surface area contributed by atoms with E-state index in [4.69, 9.17) is 0 Å². The van der Waals surface area contributed by atoms with E-state index in [0.29, 0.717) is 5.56 Å². The van der Waals surface area contributed by atoms with Gasteiger partial charge < -0.3 is 5.32 Å². The summed E-state index contributed by atoms with van der Waals surface area (Å²) in [6, 6.07) is 6.92. The highest BCUT2D eigenvalue weighted by Gasteiger charge is 2.24. The first-order valence-corrected chi connectivity index (χ1v) is 7.63. The molecule has 114 valence electrons. The van der Waals surface area contributed by atoms with Crippen LogP contribution in [-0.4, -0.2) is 35.7 Å². The minimum absolute atomic E-state index is 0.0140. The Morgan fingerprint density at radius 2 is 1.76 bits per heavy atom. The SMILES string of the molecule is CC(=O)c1ccc(NC(=O)C(C)N2CCC(C)CC2)cc1. The second-order valence-electron chi connectivity index (χ2n) is 6.02. The zero-order chi connectivity index (χ0) is 15.4. The molecule has 1 N–H and O–H groups in total. The van der Waals surface area contributed by atoms with Crippen molar-refractivity contribution in [2.45, 2.75) is 39.7 Å². The van der Waals surface area contributed by atoms with Gasteiger partial charge in [0.1, 0.15) is 0 Å². The molecule has 1 atom stereocenters. The summed E-state index contributed by atoms with van der Waals surface area (Å²) >= 11 is 0. The van der Waals surface area contributed by atoms with Crippen LogP contribution in [0.2, 0.25) is 0 Å². The van der Waals surface area contributed by atoms with Crippen molar-refractivity contribution in [2.75, 3.05) is 18.4 Å². The zero-order valence-corrected chi connectivity index (χ0v) is 13.1. The Hall–Kier alpha value is -1.68. The minimum atomic E-state index is -0.120. The third-order valence-electron chi connectivity index (χ3n) is 4.30. The third-order valence-corrected chi connectivity index (χ3v) is 4.30. The second kappa shape index (κ2) is 6.85. The lowest BCUT2D eigenvalue weighted by Gasteiger charge is -2.34. The van der Waals surface area contributed by atoms with Crippen molar-refractivity contribution in [3.05, 3.63) is 29.8 Å². The molecule has 4 heteroatoms. The summed E-state index contributed by atoms with van der Waals surface area (Å²) in [5.74, 6) is 0.805. The van der Waals surface area contributed by atoms with Crippen LogP contribution in [0.4, 0.5) is 5.69 Å². The number of likely N-dealkylation sites (tertiary alicyclic amines) is 1. The fourth-order valence-corrected chi connectivity index (χ4v) is 2.62. The van der Waals surface area contributed by atoms with Gasteiger partial charge in [-0.1, -0.05) is 6.92 Å². The lowest BCUT2D eigenvalue weighted by atomic mass is 9.98. The van der Waals surface area contributed by atoms with Gasteiger partial charge in [-0.05, 0) is 70.0 Å². The molecule has 1 heterocycles. The molecule has 1 unspecified atom stereocenters. The highest BCUT2D eigenvalue weighted by atomic mass is 16.2. The van der Waals surface area contributed by atoms with E-state index >= 15 is 0 Å². The largest absolute Gasteiger partial charge is 0.325 e. The Morgan fingerprint density at radius 3 is 2.29 bits per heavy atom. The van der Waals surface area contributed by atoms with Crippen molar-refractivity contribution in [3.8, 4) is 0 Å². The number of rotatable bonds is 4. The predicted molar refractivity (Wildman–Crippen MR) is 84.5 cm³/mol. The Kier molecular flexibility index (Phi) is 5.12. The number of benzene rings is 1. The number of anilines is 1.